The van der Waals surface area contributed by atoms with E-state index in [2.05, 4.69) is 50.4 Å². The monoisotopic (exact) mass is 762 g/mol. The minimum absolute atomic E-state index is 0.0780. The smallest absolute Gasteiger partial charge is 0.306 e. The molecule has 0 spiro atoms. The summed E-state index contributed by atoms with van der Waals surface area (Å²) in [6, 6.07) is -0.695. The molecule has 54 heavy (non-hydrogen) atoms. The molecule has 0 fully saturated rings. The Balaban J connectivity index is 4.44. The lowest BCUT2D eigenvalue weighted by molar-refractivity contribution is -0.151. The molecule has 0 saturated heterocycles. The molecule has 0 aliphatic rings. The Bertz CT molecular complexity index is 858. The van der Waals surface area contributed by atoms with Crippen LogP contribution in [0.15, 0.2) is 24.3 Å². The molecule has 6 heteroatoms. The van der Waals surface area contributed by atoms with Gasteiger partial charge in [0.15, 0.2) is 0 Å². The van der Waals surface area contributed by atoms with Crippen molar-refractivity contribution in [3.05, 3.63) is 24.3 Å². The Labute approximate surface area is 335 Å². The summed E-state index contributed by atoms with van der Waals surface area (Å²) in [5.74, 6) is -0.478. The normalized spacial score (nSPS) is 13.5. The van der Waals surface area contributed by atoms with Gasteiger partial charge in [-0.3, -0.25) is 9.59 Å². The van der Waals surface area contributed by atoms with Crippen molar-refractivity contribution in [2.24, 2.45) is 0 Å². The number of carbonyl (C=O) groups excluding carboxylic acids is 2. The number of carbonyl (C=O) groups is 2. The van der Waals surface area contributed by atoms with Crippen molar-refractivity contribution in [3.63, 3.8) is 0 Å². The number of amides is 1. The number of rotatable bonds is 42. The molecule has 6 nitrogen and oxygen atoms in total. The van der Waals surface area contributed by atoms with E-state index in [1.54, 1.807) is 0 Å². The van der Waals surface area contributed by atoms with Crippen molar-refractivity contribution in [1.82, 2.24) is 5.32 Å². The third-order valence-corrected chi connectivity index (χ3v) is 10.8. The summed E-state index contributed by atoms with van der Waals surface area (Å²) < 4.78 is 5.89. The van der Waals surface area contributed by atoms with Crippen LogP contribution in [0.2, 0.25) is 0 Å². The Morgan fingerprint density at radius 1 is 0.537 bits per heavy atom. The van der Waals surface area contributed by atoms with Crippen molar-refractivity contribution in [3.8, 4) is 0 Å². The van der Waals surface area contributed by atoms with Gasteiger partial charge in [0.25, 0.3) is 0 Å². The van der Waals surface area contributed by atoms with E-state index in [-0.39, 0.29) is 24.9 Å². The number of ether oxygens (including phenoxy) is 1. The van der Waals surface area contributed by atoms with Crippen molar-refractivity contribution < 1.29 is 24.5 Å². The number of allylic oxidation sites excluding steroid dienone is 4. The summed E-state index contributed by atoms with van der Waals surface area (Å²) in [4.78, 5) is 25.9. The highest BCUT2D eigenvalue weighted by Crippen LogP contribution is 2.18. The topological polar surface area (TPSA) is 95.9 Å². The lowest BCUT2D eigenvalue weighted by atomic mass is 10.0. The number of unbranched alkanes of at least 4 members (excludes halogenated alkanes) is 26. The van der Waals surface area contributed by atoms with E-state index >= 15 is 0 Å². The molecule has 0 radical (unpaired) electrons. The molecule has 0 aromatic heterocycles. The average Bonchev–Trinajstić information content (AvgIpc) is 3.16. The highest BCUT2D eigenvalue weighted by molar-refractivity contribution is 5.77. The quantitative estimate of drug-likeness (QED) is 0.0327. The molecule has 0 bridgehead atoms. The summed E-state index contributed by atoms with van der Waals surface area (Å²) in [6.45, 7) is 6.42. The Kier molecular flexibility index (Phi) is 41.2. The predicted molar refractivity (Wildman–Crippen MR) is 232 cm³/mol. The fourth-order valence-electron chi connectivity index (χ4n) is 7.17. The molecule has 0 saturated carbocycles. The van der Waals surface area contributed by atoms with Crippen molar-refractivity contribution >= 4 is 11.9 Å². The van der Waals surface area contributed by atoms with E-state index in [1.165, 1.54) is 141 Å². The SMILES string of the molecule is CCCCC/C=C\C/C=C\CCCCCCCCCC(=O)OC(CCCCCCCCCC)CC(=O)NC(CO)C(O)CCCCCCCCCCCC. The van der Waals surface area contributed by atoms with E-state index in [0.717, 1.165) is 57.8 Å². The fourth-order valence-corrected chi connectivity index (χ4v) is 7.17. The minimum Gasteiger partial charge on any atom is -0.462 e. The van der Waals surface area contributed by atoms with Crippen LogP contribution in [0, 0.1) is 0 Å². The zero-order valence-corrected chi connectivity index (χ0v) is 36.1. The molecule has 0 aliphatic heterocycles. The Hall–Kier alpha value is -1.66. The maximum atomic E-state index is 13.1. The summed E-state index contributed by atoms with van der Waals surface area (Å²) >= 11 is 0. The molecule has 3 N–H and O–H groups in total. The van der Waals surface area contributed by atoms with Gasteiger partial charge in [-0.05, 0) is 57.8 Å². The predicted octanol–water partition coefficient (Wildman–Crippen LogP) is 13.6. The number of hydrogen-bond acceptors (Lipinski definition) is 5. The van der Waals surface area contributed by atoms with Gasteiger partial charge in [0.2, 0.25) is 5.91 Å². The number of nitrogens with one attached hydrogen (secondary N) is 1. The molecule has 3 atom stereocenters. The maximum absolute atomic E-state index is 13.1. The van der Waals surface area contributed by atoms with Gasteiger partial charge in [-0.25, -0.2) is 0 Å². The van der Waals surface area contributed by atoms with Crippen LogP contribution in [0.25, 0.3) is 0 Å². The molecule has 318 valence electrons. The van der Waals surface area contributed by atoms with E-state index in [1.807, 2.05) is 0 Å². The van der Waals surface area contributed by atoms with Crippen LogP contribution in [0.5, 0.6) is 0 Å². The van der Waals surface area contributed by atoms with Gasteiger partial charge in [-0.1, -0.05) is 199 Å². The molecule has 0 aromatic rings. The third-order valence-electron chi connectivity index (χ3n) is 10.8. The lowest BCUT2D eigenvalue weighted by Gasteiger charge is -2.24. The molecule has 1 amide bonds. The second-order valence-electron chi connectivity index (χ2n) is 16.2. The first-order valence-corrected chi connectivity index (χ1v) is 23.6. The second-order valence-corrected chi connectivity index (χ2v) is 16.2. The van der Waals surface area contributed by atoms with Gasteiger partial charge in [0.1, 0.15) is 6.10 Å². The van der Waals surface area contributed by atoms with Crippen molar-refractivity contribution in [2.45, 2.75) is 264 Å². The third kappa shape index (κ3) is 37.3. The first-order chi connectivity index (χ1) is 26.5. The lowest BCUT2D eigenvalue weighted by Crippen LogP contribution is -2.46. The Morgan fingerprint density at radius 3 is 1.44 bits per heavy atom. The summed E-state index contributed by atoms with van der Waals surface area (Å²) in [7, 11) is 0. The average molecular weight is 762 g/mol. The standard InChI is InChI=1S/C48H91NO5/c1-4-7-10-13-16-19-21-22-23-24-25-26-27-29-32-35-38-41-48(53)54-44(39-36-33-30-18-15-12-9-6-3)42-47(52)49-45(43-50)46(51)40-37-34-31-28-20-17-14-11-8-5-2/h16,19,22-23,44-46,50-51H,4-15,17-18,20-21,24-43H2,1-3H3,(H,49,52)/b19-16-,23-22-. The fraction of sp³-hybridized carbons (Fsp3) is 0.875. The largest absolute Gasteiger partial charge is 0.462 e. The highest BCUT2D eigenvalue weighted by Gasteiger charge is 2.24. The van der Waals surface area contributed by atoms with Crippen molar-refractivity contribution in [1.29, 1.82) is 0 Å². The molecule has 0 aliphatic carbocycles. The first-order valence-electron chi connectivity index (χ1n) is 23.6. The molecule has 0 heterocycles. The maximum Gasteiger partial charge on any atom is 0.306 e. The second kappa shape index (κ2) is 42.5. The van der Waals surface area contributed by atoms with Crippen LogP contribution in [0.4, 0.5) is 0 Å². The van der Waals surface area contributed by atoms with Gasteiger partial charge in [0.05, 0.1) is 25.2 Å². The van der Waals surface area contributed by atoms with E-state index in [9.17, 15) is 19.8 Å². The number of aliphatic hydroxyl groups excluding tert-OH is 2. The van der Waals surface area contributed by atoms with Crippen LogP contribution in [0.3, 0.4) is 0 Å². The molecular formula is C48H91NO5. The van der Waals surface area contributed by atoms with E-state index < -0.39 is 18.2 Å². The van der Waals surface area contributed by atoms with E-state index in [4.69, 9.17) is 4.74 Å². The van der Waals surface area contributed by atoms with Crippen LogP contribution in [0.1, 0.15) is 245 Å². The van der Waals surface area contributed by atoms with Gasteiger partial charge in [0, 0.05) is 6.42 Å². The Morgan fingerprint density at radius 2 is 0.944 bits per heavy atom. The van der Waals surface area contributed by atoms with Crippen LogP contribution >= 0.6 is 0 Å². The van der Waals surface area contributed by atoms with E-state index in [0.29, 0.717) is 19.3 Å². The first kappa shape index (κ1) is 52.3. The summed E-state index contributed by atoms with van der Waals surface area (Å²) in [5.41, 5.74) is 0. The summed E-state index contributed by atoms with van der Waals surface area (Å²) in [6.07, 6.45) is 46.7. The minimum atomic E-state index is -0.782. The summed E-state index contributed by atoms with van der Waals surface area (Å²) in [5, 5.41) is 23.6. The molecule has 0 rings (SSSR count). The molecule has 3 unspecified atom stereocenters. The van der Waals surface area contributed by atoms with Crippen LogP contribution in [-0.2, 0) is 14.3 Å². The number of esters is 1. The van der Waals surface area contributed by atoms with Gasteiger partial charge in [-0.2, -0.15) is 0 Å². The van der Waals surface area contributed by atoms with Crippen LogP contribution in [-0.4, -0.2) is 46.9 Å². The van der Waals surface area contributed by atoms with Crippen LogP contribution < -0.4 is 5.32 Å². The molecular weight excluding hydrogens is 671 g/mol. The number of hydrogen-bond donors (Lipinski definition) is 3. The molecule has 0 aromatic carbocycles. The van der Waals surface area contributed by atoms with Gasteiger partial charge in [-0.15, -0.1) is 0 Å². The van der Waals surface area contributed by atoms with Gasteiger partial charge < -0.3 is 20.3 Å². The zero-order chi connectivity index (χ0) is 39.6. The zero-order valence-electron chi connectivity index (χ0n) is 36.1. The van der Waals surface area contributed by atoms with Crippen molar-refractivity contribution in [2.75, 3.05) is 6.61 Å². The van der Waals surface area contributed by atoms with Gasteiger partial charge >= 0.3 is 5.97 Å². The highest BCUT2D eigenvalue weighted by atomic mass is 16.5. The number of aliphatic hydroxyl groups is 2.